The quantitative estimate of drug-likeness (QED) is 0.613. The van der Waals surface area contributed by atoms with Gasteiger partial charge in [-0.05, 0) is 6.07 Å². The zero-order valence-corrected chi connectivity index (χ0v) is 8.90. The van der Waals surface area contributed by atoms with Gasteiger partial charge in [-0.2, -0.15) is 4.98 Å². The van der Waals surface area contributed by atoms with E-state index in [1.54, 1.807) is 26.4 Å². The molecule has 3 N–H and O–H groups in total. The summed E-state index contributed by atoms with van der Waals surface area (Å²) in [6, 6.07) is 1.58. The molecule has 1 aromatic heterocycles. The van der Waals surface area contributed by atoms with E-state index in [2.05, 4.69) is 20.6 Å². The fraction of sp³-hybridized carbons (Fsp3) is 0.556. The molecule has 0 saturated carbocycles. The highest BCUT2D eigenvalue weighted by atomic mass is 16.5. The normalized spacial score (nSPS) is 12.2. The van der Waals surface area contributed by atoms with E-state index in [0.717, 1.165) is 0 Å². The third-order valence-corrected chi connectivity index (χ3v) is 1.82. The van der Waals surface area contributed by atoms with Gasteiger partial charge < -0.3 is 20.5 Å². The maximum absolute atomic E-state index is 9.04. The number of methoxy groups -OCH3 is 1. The molecule has 1 heterocycles. The average molecular weight is 212 g/mol. The van der Waals surface area contributed by atoms with E-state index in [1.807, 2.05) is 0 Å². The van der Waals surface area contributed by atoms with Crippen molar-refractivity contribution in [2.24, 2.45) is 0 Å². The minimum Gasteiger partial charge on any atom is -0.394 e. The van der Waals surface area contributed by atoms with E-state index >= 15 is 0 Å². The van der Waals surface area contributed by atoms with Crippen LogP contribution in [0.1, 0.15) is 0 Å². The Bertz CT molecular complexity index is 295. The number of anilines is 2. The summed E-state index contributed by atoms with van der Waals surface area (Å²) in [4.78, 5) is 8.14. The maximum atomic E-state index is 9.04. The molecule has 0 spiro atoms. The lowest BCUT2D eigenvalue weighted by Crippen LogP contribution is -2.29. The minimum absolute atomic E-state index is 0.00721. The topological polar surface area (TPSA) is 79.3 Å². The molecule has 0 fully saturated rings. The standard InChI is InChI=1S/C9H16N4O2/c1-10-9-11-4-3-8(13-9)12-7(5-14)6-15-2/h3-4,7,14H,5-6H2,1-2H3,(H2,10,11,12,13). The summed E-state index contributed by atoms with van der Waals surface area (Å²) in [5.74, 6) is 1.19. The Morgan fingerprint density at radius 2 is 2.40 bits per heavy atom. The van der Waals surface area contributed by atoms with E-state index in [4.69, 9.17) is 9.84 Å². The number of aliphatic hydroxyl groups excluding tert-OH is 1. The number of aliphatic hydroxyl groups is 1. The molecule has 0 aromatic carbocycles. The van der Waals surface area contributed by atoms with Crippen molar-refractivity contribution >= 4 is 11.8 Å². The van der Waals surface area contributed by atoms with Crippen LogP contribution in [-0.2, 0) is 4.74 Å². The number of nitrogens with one attached hydrogen (secondary N) is 2. The summed E-state index contributed by atoms with van der Waals surface area (Å²) < 4.78 is 4.94. The molecule has 0 aliphatic heterocycles. The van der Waals surface area contributed by atoms with Gasteiger partial charge in [0.1, 0.15) is 5.82 Å². The van der Waals surface area contributed by atoms with E-state index < -0.39 is 0 Å². The Hall–Kier alpha value is -1.40. The molecule has 1 rings (SSSR count). The van der Waals surface area contributed by atoms with Crippen LogP contribution in [0.25, 0.3) is 0 Å². The molecule has 0 amide bonds. The summed E-state index contributed by atoms with van der Waals surface area (Å²) in [5.41, 5.74) is 0. The van der Waals surface area contributed by atoms with E-state index in [9.17, 15) is 0 Å². The van der Waals surface area contributed by atoms with Gasteiger partial charge in [-0.3, -0.25) is 0 Å². The molecular weight excluding hydrogens is 196 g/mol. The van der Waals surface area contributed by atoms with Crippen molar-refractivity contribution in [3.05, 3.63) is 12.3 Å². The largest absolute Gasteiger partial charge is 0.394 e. The van der Waals surface area contributed by atoms with Gasteiger partial charge in [-0.15, -0.1) is 0 Å². The Morgan fingerprint density at radius 1 is 1.60 bits per heavy atom. The van der Waals surface area contributed by atoms with Crippen molar-refractivity contribution in [3.63, 3.8) is 0 Å². The number of aromatic nitrogens is 2. The summed E-state index contributed by atoms with van der Waals surface area (Å²) >= 11 is 0. The average Bonchev–Trinajstić information content (AvgIpc) is 2.29. The third kappa shape index (κ3) is 3.69. The van der Waals surface area contributed by atoms with Crippen molar-refractivity contribution in [3.8, 4) is 0 Å². The number of ether oxygens (including phenoxy) is 1. The van der Waals surface area contributed by atoms with Gasteiger partial charge in [0.05, 0.1) is 19.3 Å². The molecule has 0 aliphatic carbocycles. The van der Waals surface area contributed by atoms with Crippen LogP contribution >= 0.6 is 0 Å². The van der Waals surface area contributed by atoms with Crippen LogP contribution in [0.2, 0.25) is 0 Å². The minimum atomic E-state index is -0.158. The number of hydrogen-bond acceptors (Lipinski definition) is 6. The first-order valence-electron chi connectivity index (χ1n) is 4.67. The summed E-state index contributed by atoms with van der Waals surface area (Å²) in [6.45, 7) is 0.419. The van der Waals surface area contributed by atoms with E-state index in [0.29, 0.717) is 18.4 Å². The first-order valence-corrected chi connectivity index (χ1v) is 4.67. The van der Waals surface area contributed by atoms with Gasteiger partial charge in [0.15, 0.2) is 0 Å². The van der Waals surface area contributed by atoms with Gasteiger partial charge in [0, 0.05) is 20.4 Å². The van der Waals surface area contributed by atoms with Crippen molar-refractivity contribution in [1.29, 1.82) is 0 Å². The highest BCUT2D eigenvalue weighted by Crippen LogP contribution is 2.06. The smallest absolute Gasteiger partial charge is 0.224 e. The molecule has 6 heteroatoms. The number of rotatable bonds is 6. The Balaban J connectivity index is 2.61. The summed E-state index contributed by atoms with van der Waals surface area (Å²) in [6.07, 6.45) is 1.64. The lowest BCUT2D eigenvalue weighted by atomic mass is 10.3. The molecule has 1 aromatic rings. The zero-order chi connectivity index (χ0) is 11.1. The monoisotopic (exact) mass is 212 g/mol. The first-order chi connectivity index (χ1) is 7.30. The molecule has 0 bridgehead atoms. The van der Waals surface area contributed by atoms with Crippen LogP contribution in [0.15, 0.2) is 12.3 Å². The third-order valence-electron chi connectivity index (χ3n) is 1.82. The fourth-order valence-corrected chi connectivity index (χ4v) is 1.11. The van der Waals surface area contributed by atoms with Crippen LogP contribution in [0, 0.1) is 0 Å². The molecule has 15 heavy (non-hydrogen) atoms. The van der Waals surface area contributed by atoms with Gasteiger partial charge >= 0.3 is 0 Å². The van der Waals surface area contributed by atoms with Crippen LogP contribution in [0.3, 0.4) is 0 Å². The molecule has 1 atom stereocenters. The van der Waals surface area contributed by atoms with E-state index in [1.165, 1.54) is 0 Å². The first kappa shape index (κ1) is 11.7. The van der Waals surface area contributed by atoms with Gasteiger partial charge in [-0.1, -0.05) is 0 Å². The van der Waals surface area contributed by atoms with Crippen LogP contribution in [0.5, 0.6) is 0 Å². The molecular formula is C9H16N4O2. The Labute approximate surface area is 88.7 Å². The van der Waals surface area contributed by atoms with Crippen molar-refractivity contribution in [2.75, 3.05) is 38.0 Å². The second-order valence-electron chi connectivity index (χ2n) is 2.99. The second kappa shape index (κ2) is 6.15. The maximum Gasteiger partial charge on any atom is 0.224 e. The van der Waals surface area contributed by atoms with E-state index in [-0.39, 0.29) is 12.6 Å². The highest BCUT2D eigenvalue weighted by molar-refractivity contribution is 5.40. The Morgan fingerprint density at radius 3 is 3.00 bits per heavy atom. The Kier molecular flexibility index (Phi) is 4.79. The summed E-state index contributed by atoms with van der Waals surface area (Å²) in [7, 11) is 3.33. The van der Waals surface area contributed by atoms with Crippen molar-refractivity contribution in [2.45, 2.75) is 6.04 Å². The SMILES string of the molecule is CNc1nccc(NC(CO)COC)n1. The molecule has 1 unspecified atom stereocenters. The highest BCUT2D eigenvalue weighted by Gasteiger charge is 2.07. The van der Waals surface area contributed by atoms with Crippen molar-refractivity contribution in [1.82, 2.24) is 9.97 Å². The molecule has 6 nitrogen and oxygen atoms in total. The predicted molar refractivity (Wildman–Crippen MR) is 58.0 cm³/mol. The fourth-order valence-electron chi connectivity index (χ4n) is 1.11. The van der Waals surface area contributed by atoms with Crippen LogP contribution in [-0.4, -0.2) is 48.5 Å². The van der Waals surface area contributed by atoms with Gasteiger partial charge in [0.2, 0.25) is 5.95 Å². The van der Waals surface area contributed by atoms with Crippen LogP contribution < -0.4 is 10.6 Å². The number of hydrogen-bond donors (Lipinski definition) is 3. The zero-order valence-electron chi connectivity index (χ0n) is 8.90. The van der Waals surface area contributed by atoms with Gasteiger partial charge in [0.25, 0.3) is 0 Å². The molecule has 0 saturated heterocycles. The molecule has 0 radical (unpaired) electrons. The predicted octanol–water partition coefficient (Wildman–Crippen LogP) is -0.0625. The second-order valence-corrected chi connectivity index (χ2v) is 2.99. The van der Waals surface area contributed by atoms with Crippen LogP contribution in [0.4, 0.5) is 11.8 Å². The summed E-state index contributed by atoms with van der Waals surface area (Å²) in [5, 5.41) is 14.9. The lowest BCUT2D eigenvalue weighted by molar-refractivity contribution is 0.153. The molecule has 0 aliphatic rings. The lowest BCUT2D eigenvalue weighted by Gasteiger charge is -2.15. The number of nitrogens with zero attached hydrogens (tertiary/aromatic N) is 2. The van der Waals surface area contributed by atoms with Crippen molar-refractivity contribution < 1.29 is 9.84 Å². The van der Waals surface area contributed by atoms with Gasteiger partial charge in [-0.25, -0.2) is 4.98 Å². The molecule has 84 valence electrons.